The Morgan fingerprint density at radius 1 is 0.308 bits per heavy atom. The van der Waals surface area contributed by atoms with Gasteiger partial charge in [0.15, 0.2) is 0 Å². The van der Waals surface area contributed by atoms with Gasteiger partial charge in [0.2, 0.25) is 0 Å². The standard InChI is InChI=1S/C37H70O2/c1-3-5-7-9-11-13-15-17-19-21-23-25-27-29-31-33-36(38)35-37(39)34-32-30-28-26-24-22-20-18-16-14-12-10-8-6-4-2/h3-34H2,1-2H3. The van der Waals surface area contributed by atoms with Crippen LogP contribution in [0.25, 0.3) is 0 Å². The lowest BCUT2D eigenvalue weighted by molar-refractivity contribution is -0.122. The molecule has 0 aliphatic heterocycles. The zero-order valence-electron chi connectivity index (χ0n) is 26.9. The van der Waals surface area contributed by atoms with Crippen molar-refractivity contribution in [2.75, 3.05) is 0 Å². The molecule has 0 aromatic rings. The molecule has 0 atom stereocenters. The van der Waals surface area contributed by atoms with E-state index in [1.165, 1.54) is 167 Å². The minimum atomic E-state index is -0.0735. The van der Waals surface area contributed by atoms with Gasteiger partial charge in [-0.2, -0.15) is 0 Å². The van der Waals surface area contributed by atoms with Crippen LogP contribution in [0.2, 0.25) is 0 Å². The molecule has 0 amide bonds. The molecule has 0 unspecified atom stereocenters. The van der Waals surface area contributed by atoms with E-state index in [2.05, 4.69) is 20.3 Å². The fraction of sp³-hybridized carbons (Fsp3) is 0.919. The highest BCUT2D eigenvalue weighted by molar-refractivity contribution is 6.10. The Hall–Kier alpha value is -0.660. The molecule has 0 heterocycles. The van der Waals surface area contributed by atoms with Gasteiger partial charge >= 0.3 is 0 Å². The van der Waals surface area contributed by atoms with Gasteiger partial charge in [0.25, 0.3) is 0 Å². The summed E-state index contributed by atoms with van der Waals surface area (Å²) >= 11 is 0. The summed E-state index contributed by atoms with van der Waals surface area (Å²) in [6.07, 6.45) is 43.4. The highest BCUT2D eigenvalue weighted by Gasteiger charge is 2.10. The van der Waals surface area contributed by atoms with Crippen LogP contribution < -0.4 is 0 Å². The number of hydrogen-bond acceptors (Lipinski definition) is 2. The normalized spacial score (nSPS) is 11.3. The summed E-state index contributed by atoms with van der Waals surface area (Å²) in [6.45, 7) is 4.56. The van der Waals surface area contributed by atoms with E-state index >= 15 is 0 Å². The molecule has 2 nitrogen and oxygen atoms in total. The van der Waals surface area contributed by atoms with Gasteiger partial charge in [-0.15, -0.1) is 0 Å². The second kappa shape index (κ2) is 33.5. The molecule has 0 saturated carbocycles. The van der Waals surface area contributed by atoms with Gasteiger partial charge in [-0.05, 0) is 12.8 Å². The maximum absolute atomic E-state index is 12.0. The summed E-state index contributed by atoms with van der Waals surface area (Å²) in [5.74, 6) is -0.147. The number of carbonyl (C=O) groups is 2. The summed E-state index contributed by atoms with van der Waals surface area (Å²) in [5.41, 5.74) is 0. The average molecular weight is 547 g/mol. The average Bonchev–Trinajstić information content (AvgIpc) is 2.93. The third-order valence-electron chi connectivity index (χ3n) is 8.29. The lowest BCUT2D eigenvalue weighted by atomic mass is 10.0. The molecule has 39 heavy (non-hydrogen) atoms. The molecule has 0 fully saturated rings. The zero-order valence-corrected chi connectivity index (χ0v) is 26.9. The van der Waals surface area contributed by atoms with Crippen LogP contribution in [0.5, 0.6) is 0 Å². The molecule has 2 heteroatoms. The largest absolute Gasteiger partial charge is 0.298 e. The topological polar surface area (TPSA) is 34.1 Å². The Morgan fingerprint density at radius 2 is 0.487 bits per heavy atom. The van der Waals surface area contributed by atoms with Gasteiger partial charge in [-0.25, -0.2) is 0 Å². The second-order valence-electron chi connectivity index (χ2n) is 12.4. The molecular weight excluding hydrogens is 476 g/mol. The number of hydrogen-bond donors (Lipinski definition) is 0. The third kappa shape index (κ3) is 33.4. The maximum atomic E-state index is 12.0. The molecule has 230 valence electrons. The van der Waals surface area contributed by atoms with E-state index in [4.69, 9.17) is 0 Å². The fourth-order valence-electron chi connectivity index (χ4n) is 5.59. The molecule has 0 aliphatic carbocycles. The molecule has 0 aliphatic rings. The molecule has 0 aromatic heterocycles. The van der Waals surface area contributed by atoms with Crippen molar-refractivity contribution >= 4 is 11.6 Å². The number of Topliss-reactive ketones (excluding diaryl/α,β-unsaturated/α-hetero) is 2. The van der Waals surface area contributed by atoms with Crippen LogP contribution >= 0.6 is 0 Å². The predicted octanol–water partition coefficient (Wildman–Crippen LogP) is 12.7. The van der Waals surface area contributed by atoms with Crippen molar-refractivity contribution in [3.8, 4) is 0 Å². The van der Waals surface area contributed by atoms with Crippen LogP contribution in [0.3, 0.4) is 0 Å². The summed E-state index contributed by atoms with van der Waals surface area (Å²) in [4.78, 5) is 24.0. The monoisotopic (exact) mass is 547 g/mol. The van der Waals surface area contributed by atoms with Gasteiger partial charge in [-0.1, -0.05) is 194 Å². The van der Waals surface area contributed by atoms with E-state index in [0.29, 0.717) is 12.8 Å². The highest BCUT2D eigenvalue weighted by atomic mass is 16.1. The van der Waals surface area contributed by atoms with Crippen molar-refractivity contribution in [2.24, 2.45) is 0 Å². The summed E-state index contributed by atoms with van der Waals surface area (Å²) in [7, 11) is 0. The summed E-state index contributed by atoms with van der Waals surface area (Å²) in [5, 5.41) is 0. The quantitative estimate of drug-likeness (QED) is 0.0752. The number of rotatable bonds is 34. The lowest BCUT2D eigenvalue weighted by Crippen LogP contribution is -2.08. The van der Waals surface area contributed by atoms with Crippen LogP contribution in [0, 0.1) is 6.42 Å². The van der Waals surface area contributed by atoms with E-state index < -0.39 is 0 Å². The molecule has 0 spiro atoms. The molecule has 0 aromatic carbocycles. The first-order chi connectivity index (χ1) is 19.2. The molecule has 0 rings (SSSR count). The van der Waals surface area contributed by atoms with Crippen LogP contribution in [0.15, 0.2) is 0 Å². The van der Waals surface area contributed by atoms with E-state index in [9.17, 15) is 9.59 Å². The molecule has 2 radical (unpaired) electrons. The minimum absolute atomic E-state index is 0.0735. The number of ketones is 2. The van der Waals surface area contributed by atoms with Crippen LogP contribution in [0.1, 0.15) is 219 Å². The second-order valence-corrected chi connectivity index (χ2v) is 12.4. The Kier molecular flexibility index (Phi) is 33.0. The smallest absolute Gasteiger partial charge is 0.149 e. The third-order valence-corrected chi connectivity index (χ3v) is 8.29. The van der Waals surface area contributed by atoms with E-state index in [1.54, 1.807) is 0 Å². The van der Waals surface area contributed by atoms with Crippen LogP contribution in [0.4, 0.5) is 0 Å². The van der Waals surface area contributed by atoms with Gasteiger partial charge < -0.3 is 0 Å². The summed E-state index contributed by atoms with van der Waals surface area (Å²) < 4.78 is 0. The van der Waals surface area contributed by atoms with E-state index in [1.807, 2.05) is 0 Å². The lowest BCUT2D eigenvalue weighted by Gasteiger charge is -2.04. The van der Waals surface area contributed by atoms with Crippen molar-refractivity contribution in [1.82, 2.24) is 0 Å². The predicted molar refractivity (Wildman–Crippen MR) is 172 cm³/mol. The molecular formula is C37H70O2. The molecule has 0 N–H and O–H groups in total. The Labute approximate surface area is 246 Å². The van der Waals surface area contributed by atoms with Gasteiger partial charge in [0.1, 0.15) is 18.0 Å². The van der Waals surface area contributed by atoms with Crippen molar-refractivity contribution in [3.05, 3.63) is 6.42 Å². The van der Waals surface area contributed by atoms with Gasteiger partial charge in [-0.3, -0.25) is 9.59 Å². The van der Waals surface area contributed by atoms with Crippen molar-refractivity contribution in [2.45, 2.75) is 219 Å². The maximum Gasteiger partial charge on any atom is 0.149 e. The van der Waals surface area contributed by atoms with Crippen LogP contribution in [-0.4, -0.2) is 11.6 Å². The first kappa shape index (κ1) is 38.3. The zero-order chi connectivity index (χ0) is 28.5. The molecule has 0 bridgehead atoms. The number of unbranched alkanes of at least 4 members (excludes halogenated alkanes) is 28. The van der Waals surface area contributed by atoms with Crippen molar-refractivity contribution in [3.63, 3.8) is 0 Å². The number of carbonyl (C=O) groups excluding carboxylic acids is 2. The minimum Gasteiger partial charge on any atom is -0.298 e. The Bertz CT molecular complexity index is 454. The van der Waals surface area contributed by atoms with E-state index in [0.717, 1.165) is 25.7 Å². The van der Waals surface area contributed by atoms with Crippen molar-refractivity contribution in [1.29, 1.82) is 0 Å². The molecule has 0 saturated heterocycles. The first-order valence-corrected chi connectivity index (χ1v) is 18.0. The van der Waals surface area contributed by atoms with Gasteiger partial charge in [0.05, 0.1) is 0 Å². The van der Waals surface area contributed by atoms with Gasteiger partial charge in [0, 0.05) is 12.8 Å². The Morgan fingerprint density at radius 3 is 0.692 bits per heavy atom. The van der Waals surface area contributed by atoms with Crippen molar-refractivity contribution < 1.29 is 9.59 Å². The first-order valence-electron chi connectivity index (χ1n) is 18.0. The SMILES string of the molecule is CCCCCCCCCCCCCCCCCC(=O)[C]C(=O)CCCCCCCCCCCCCCCCC. The highest BCUT2D eigenvalue weighted by Crippen LogP contribution is 2.16. The Balaban J connectivity index is 3.27. The van der Waals surface area contributed by atoms with Crippen LogP contribution in [-0.2, 0) is 9.59 Å². The summed E-state index contributed by atoms with van der Waals surface area (Å²) in [6, 6.07) is 0. The fourth-order valence-corrected chi connectivity index (χ4v) is 5.59. The van der Waals surface area contributed by atoms with E-state index in [-0.39, 0.29) is 11.6 Å².